The average Bonchev–Trinajstić information content (AvgIpc) is 2.92. The van der Waals surface area contributed by atoms with Crippen molar-refractivity contribution in [3.05, 3.63) is 108 Å². The minimum Gasteiger partial charge on any atom is -0.497 e. The van der Waals surface area contributed by atoms with Crippen LogP contribution in [0.25, 0.3) is 0 Å². The lowest BCUT2D eigenvalue weighted by Gasteiger charge is -2.40. The number of rotatable bonds is 8. The van der Waals surface area contributed by atoms with Crippen molar-refractivity contribution < 1.29 is 27.6 Å². The number of carbonyl (C=O) groups is 1. The Balaban J connectivity index is 1.95. The van der Waals surface area contributed by atoms with Gasteiger partial charge in [-0.1, -0.05) is 0 Å². The summed E-state index contributed by atoms with van der Waals surface area (Å²) in [7, 11) is 2.21. The zero-order valence-corrected chi connectivity index (χ0v) is 20.4. The summed E-state index contributed by atoms with van der Waals surface area (Å²) in [4.78, 5) is 15.8. The molecule has 4 aromatic rings. The van der Waals surface area contributed by atoms with Gasteiger partial charge in [0.25, 0.3) is 0 Å². The van der Waals surface area contributed by atoms with Gasteiger partial charge in [0.1, 0.15) is 23.1 Å². The highest BCUT2D eigenvalue weighted by Crippen LogP contribution is 2.69. The molecule has 4 rings (SSSR count). The van der Waals surface area contributed by atoms with Gasteiger partial charge in [-0.2, -0.15) is 0 Å². The standard InChI is InChI=1S/C28H25FO5S/c1-31-22-8-14-25(15-9-22)35(26-16-10-23(32-2)11-17-26,27-18-12-24(33-3)13-19-27)34-28(30)20-4-6-21(29)7-5-20/h4-19H,1-3H3. The molecule has 35 heavy (non-hydrogen) atoms. The molecule has 0 bridgehead atoms. The Morgan fingerprint density at radius 1 is 0.571 bits per heavy atom. The van der Waals surface area contributed by atoms with E-state index < -0.39 is 22.1 Å². The lowest BCUT2D eigenvalue weighted by molar-refractivity contribution is 0.0757. The zero-order valence-electron chi connectivity index (χ0n) is 19.6. The Morgan fingerprint density at radius 3 is 1.23 bits per heavy atom. The Kier molecular flexibility index (Phi) is 7.27. The van der Waals surface area contributed by atoms with Gasteiger partial charge in [0.2, 0.25) is 0 Å². The Labute approximate surface area is 205 Å². The molecule has 0 amide bonds. The highest BCUT2D eigenvalue weighted by molar-refractivity contribution is 8.30. The van der Waals surface area contributed by atoms with Gasteiger partial charge in [-0.15, -0.1) is 0 Å². The molecule has 0 aliphatic heterocycles. The monoisotopic (exact) mass is 492 g/mol. The van der Waals surface area contributed by atoms with Crippen molar-refractivity contribution in [2.45, 2.75) is 14.7 Å². The van der Waals surface area contributed by atoms with Gasteiger partial charge in [-0.25, -0.2) is 9.18 Å². The molecule has 0 aliphatic rings. The smallest absolute Gasteiger partial charge is 0.349 e. The van der Waals surface area contributed by atoms with Crippen LogP contribution in [0.4, 0.5) is 4.39 Å². The molecule has 5 nitrogen and oxygen atoms in total. The lowest BCUT2D eigenvalue weighted by Crippen LogP contribution is -2.14. The van der Waals surface area contributed by atoms with Crippen LogP contribution in [-0.4, -0.2) is 27.3 Å². The second-order valence-electron chi connectivity index (χ2n) is 7.46. The van der Waals surface area contributed by atoms with E-state index in [-0.39, 0.29) is 5.56 Å². The van der Waals surface area contributed by atoms with Crippen LogP contribution in [0.5, 0.6) is 17.2 Å². The number of benzene rings is 4. The van der Waals surface area contributed by atoms with Gasteiger partial charge < -0.3 is 18.4 Å². The Bertz CT molecular complexity index is 1160. The maximum Gasteiger partial charge on any atom is 0.349 e. The summed E-state index contributed by atoms with van der Waals surface area (Å²) < 4.78 is 36.0. The molecule has 0 saturated heterocycles. The summed E-state index contributed by atoms with van der Waals surface area (Å²) in [5.74, 6) is 1.03. The van der Waals surface area contributed by atoms with Crippen LogP contribution in [0.3, 0.4) is 0 Å². The first kappa shape index (κ1) is 24.2. The fourth-order valence-corrected chi connectivity index (χ4v) is 6.59. The van der Waals surface area contributed by atoms with E-state index in [1.165, 1.54) is 24.3 Å². The third-order valence-corrected chi connectivity index (χ3v) is 8.66. The van der Waals surface area contributed by atoms with Crippen molar-refractivity contribution in [3.63, 3.8) is 0 Å². The third kappa shape index (κ3) is 4.95. The summed E-state index contributed by atoms with van der Waals surface area (Å²) in [6.07, 6.45) is 0. The van der Waals surface area contributed by atoms with Crippen molar-refractivity contribution >= 4 is 16.3 Å². The van der Waals surface area contributed by atoms with Crippen molar-refractivity contribution in [3.8, 4) is 17.2 Å². The molecule has 0 radical (unpaired) electrons. The largest absolute Gasteiger partial charge is 0.497 e. The fraction of sp³-hybridized carbons (Fsp3) is 0.107. The fourth-order valence-electron chi connectivity index (χ4n) is 3.60. The van der Waals surface area contributed by atoms with Crippen LogP contribution in [-0.2, 0) is 4.18 Å². The molecule has 0 aromatic heterocycles. The molecule has 0 N–H and O–H groups in total. The second-order valence-corrected chi connectivity index (χ2v) is 10.2. The van der Waals surface area contributed by atoms with E-state index in [0.29, 0.717) is 17.2 Å². The number of ether oxygens (including phenoxy) is 3. The first-order valence-corrected chi connectivity index (χ1v) is 12.3. The topological polar surface area (TPSA) is 54.0 Å². The molecule has 4 aromatic carbocycles. The van der Waals surface area contributed by atoms with Crippen molar-refractivity contribution in [2.75, 3.05) is 21.3 Å². The summed E-state index contributed by atoms with van der Waals surface area (Å²) in [6, 6.07) is 27.6. The second kappa shape index (κ2) is 10.5. The van der Waals surface area contributed by atoms with Crippen LogP contribution in [0.15, 0.2) is 112 Å². The van der Waals surface area contributed by atoms with Crippen LogP contribution in [0.1, 0.15) is 10.4 Å². The van der Waals surface area contributed by atoms with E-state index in [0.717, 1.165) is 14.7 Å². The van der Waals surface area contributed by atoms with E-state index in [9.17, 15) is 9.18 Å². The minimum absolute atomic E-state index is 0.249. The van der Waals surface area contributed by atoms with Gasteiger partial charge in [0, 0.05) is 14.7 Å². The zero-order chi connectivity index (χ0) is 24.8. The quantitative estimate of drug-likeness (QED) is 0.268. The maximum atomic E-state index is 13.5. The molecule has 0 unspecified atom stereocenters. The van der Waals surface area contributed by atoms with Crippen molar-refractivity contribution in [1.29, 1.82) is 0 Å². The van der Waals surface area contributed by atoms with E-state index in [2.05, 4.69) is 0 Å². The van der Waals surface area contributed by atoms with Crippen molar-refractivity contribution in [2.24, 2.45) is 0 Å². The summed E-state index contributed by atoms with van der Waals surface area (Å²) in [6.45, 7) is 0. The highest BCUT2D eigenvalue weighted by Gasteiger charge is 2.36. The molecular weight excluding hydrogens is 467 g/mol. The van der Waals surface area contributed by atoms with Gasteiger partial charge in [-0.05, 0) is 107 Å². The molecule has 0 saturated carbocycles. The maximum absolute atomic E-state index is 13.5. The molecule has 0 fully saturated rings. The number of carbonyl (C=O) groups excluding carboxylic acids is 1. The van der Waals surface area contributed by atoms with Gasteiger partial charge in [-0.3, -0.25) is 0 Å². The molecule has 180 valence electrons. The summed E-state index contributed by atoms with van der Waals surface area (Å²) >= 11 is 0. The van der Waals surface area contributed by atoms with Gasteiger partial charge in [0.15, 0.2) is 0 Å². The van der Waals surface area contributed by atoms with E-state index in [1.807, 2.05) is 72.8 Å². The predicted molar refractivity (Wildman–Crippen MR) is 133 cm³/mol. The molecule has 7 heteroatoms. The number of hydrogen-bond acceptors (Lipinski definition) is 5. The van der Waals surface area contributed by atoms with Crippen LogP contribution >= 0.6 is 10.3 Å². The number of methoxy groups -OCH3 is 3. The van der Waals surface area contributed by atoms with Crippen molar-refractivity contribution in [1.82, 2.24) is 0 Å². The third-order valence-electron chi connectivity index (χ3n) is 5.45. The van der Waals surface area contributed by atoms with E-state index >= 15 is 0 Å². The SMILES string of the molecule is COc1ccc(S(OC(=O)c2ccc(F)cc2)(c2ccc(OC)cc2)c2ccc(OC)cc2)cc1. The minimum atomic E-state index is -2.57. The van der Waals surface area contributed by atoms with Crippen LogP contribution < -0.4 is 14.2 Å². The Morgan fingerprint density at radius 2 is 0.914 bits per heavy atom. The predicted octanol–water partition coefficient (Wildman–Crippen LogP) is 6.91. The first-order chi connectivity index (χ1) is 17.0. The normalized spacial score (nSPS) is 11.4. The molecule has 0 aliphatic carbocycles. The summed E-state index contributed by atoms with van der Waals surface area (Å²) in [5, 5.41) is 0. The van der Waals surface area contributed by atoms with Crippen LogP contribution in [0, 0.1) is 5.82 Å². The molecular formula is C28H25FO5S. The molecule has 0 spiro atoms. The highest BCUT2D eigenvalue weighted by atomic mass is 32.3. The van der Waals surface area contributed by atoms with E-state index in [1.54, 1.807) is 21.3 Å². The van der Waals surface area contributed by atoms with Gasteiger partial charge in [0.05, 0.1) is 26.9 Å². The molecule has 0 atom stereocenters. The first-order valence-electron chi connectivity index (χ1n) is 10.7. The van der Waals surface area contributed by atoms with Gasteiger partial charge >= 0.3 is 5.97 Å². The van der Waals surface area contributed by atoms with Crippen LogP contribution in [0.2, 0.25) is 0 Å². The number of halogens is 1. The number of hydrogen-bond donors (Lipinski definition) is 0. The summed E-state index contributed by atoms with van der Waals surface area (Å²) in [5.41, 5.74) is 0.249. The van der Waals surface area contributed by atoms with E-state index in [4.69, 9.17) is 18.4 Å². The Hall–Kier alpha value is -3.97. The average molecular weight is 493 g/mol. The lowest BCUT2D eigenvalue weighted by atomic mass is 10.2. The molecule has 0 heterocycles.